The van der Waals surface area contributed by atoms with Crippen molar-refractivity contribution in [2.24, 2.45) is 5.41 Å². The Morgan fingerprint density at radius 2 is 1.92 bits per heavy atom. The van der Waals surface area contributed by atoms with Gasteiger partial charge in [0, 0.05) is 18.9 Å². The molecule has 0 amide bonds. The fraction of sp³-hybridized carbons (Fsp3) is 0.438. The highest BCUT2D eigenvalue weighted by molar-refractivity contribution is 5.30. The first-order chi connectivity index (χ1) is 11.8. The molecule has 0 aliphatic rings. The summed E-state index contributed by atoms with van der Waals surface area (Å²) >= 11 is 0. The summed E-state index contributed by atoms with van der Waals surface area (Å²) < 4.78 is 71.5. The average molecular weight is 364 g/mol. The molecule has 1 N–H and O–H groups in total. The first kappa shape index (κ1) is 19.2. The van der Waals surface area contributed by atoms with Gasteiger partial charge in [0.1, 0.15) is 31.8 Å². The van der Waals surface area contributed by atoms with Crippen molar-refractivity contribution in [3.63, 3.8) is 0 Å². The van der Waals surface area contributed by atoms with Crippen LogP contribution in [-0.4, -0.2) is 40.7 Å². The Hall–Kier alpha value is -2.16. The number of nitrogens with zero attached hydrogens (tertiary/aromatic N) is 2. The number of hydrogen-bond acceptors (Lipinski definition) is 3. The smallest absolute Gasteiger partial charge is 0.416 e. The Bertz CT molecular complexity index is 657. The maximum Gasteiger partial charge on any atom is 0.416 e. The molecule has 0 saturated heterocycles. The van der Waals surface area contributed by atoms with Gasteiger partial charge in [0.05, 0.1) is 17.3 Å². The molecule has 0 aliphatic heterocycles. The average Bonchev–Trinajstić information content (AvgIpc) is 3.10. The number of aromatic nitrogens is 2. The summed E-state index contributed by atoms with van der Waals surface area (Å²) in [6.07, 6.45) is -1.85. The van der Waals surface area contributed by atoms with E-state index in [9.17, 15) is 27.1 Å². The molecule has 138 valence electrons. The van der Waals surface area contributed by atoms with Crippen LogP contribution in [0.3, 0.4) is 0 Å². The standard InChI is InChI=1S/C16H17F5N2O2/c17-8-15(9-18,10-23-5-4-22-11-23)14(24)7-25-13-3-1-2-12(6-13)16(19,20)21/h1-6,11,14,24H,7-10H2. The second-order valence-corrected chi connectivity index (χ2v) is 5.72. The molecule has 0 fully saturated rings. The fourth-order valence-electron chi connectivity index (χ4n) is 2.26. The van der Waals surface area contributed by atoms with Crippen LogP contribution in [-0.2, 0) is 12.7 Å². The summed E-state index contributed by atoms with van der Waals surface area (Å²) in [4.78, 5) is 3.76. The third-order valence-electron chi connectivity index (χ3n) is 3.87. The molecule has 0 saturated carbocycles. The van der Waals surface area contributed by atoms with Gasteiger partial charge in [-0.3, -0.25) is 8.78 Å². The molecule has 0 radical (unpaired) electrons. The molecule has 1 unspecified atom stereocenters. The van der Waals surface area contributed by atoms with Crippen LogP contribution in [0.5, 0.6) is 5.75 Å². The monoisotopic (exact) mass is 364 g/mol. The van der Waals surface area contributed by atoms with E-state index < -0.39 is 43.2 Å². The molecule has 0 aliphatic carbocycles. The largest absolute Gasteiger partial charge is 0.491 e. The summed E-state index contributed by atoms with van der Waals surface area (Å²) in [5.74, 6) is -0.150. The minimum atomic E-state index is -4.54. The van der Waals surface area contributed by atoms with Crippen molar-refractivity contribution in [2.75, 3.05) is 20.0 Å². The molecule has 0 spiro atoms. The van der Waals surface area contributed by atoms with Gasteiger partial charge in [-0.1, -0.05) is 6.07 Å². The highest BCUT2D eigenvalue weighted by Crippen LogP contribution is 2.32. The predicted octanol–water partition coefficient (Wildman–Crippen LogP) is 3.27. The number of alkyl halides is 5. The third-order valence-corrected chi connectivity index (χ3v) is 3.87. The lowest BCUT2D eigenvalue weighted by Gasteiger charge is -2.33. The number of aliphatic hydroxyl groups is 1. The molecular weight excluding hydrogens is 347 g/mol. The first-order valence-electron chi connectivity index (χ1n) is 7.36. The van der Waals surface area contributed by atoms with Crippen molar-refractivity contribution in [2.45, 2.75) is 18.8 Å². The van der Waals surface area contributed by atoms with Crippen molar-refractivity contribution in [3.05, 3.63) is 48.5 Å². The van der Waals surface area contributed by atoms with Crippen molar-refractivity contribution < 1.29 is 31.8 Å². The molecule has 25 heavy (non-hydrogen) atoms. The maximum atomic E-state index is 13.5. The number of halogens is 5. The quantitative estimate of drug-likeness (QED) is 0.732. The van der Waals surface area contributed by atoms with Gasteiger partial charge in [-0.25, -0.2) is 4.98 Å². The van der Waals surface area contributed by atoms with E-state index in [1.807, 2.05) is 0 Å². The van der Waals surface area contributed by atoms with Gasteiger partial charge in [-0.15, -0.1) is 0 Å². The Morgan fingerprint density at radius 1 is 1.20 bits per heavy atom. The molecule has 4 nitrogen and oxygen atoms in total. The molecule has 2 aromatic rings. The summed E-state index contributed by atoms with van der Waals surface area (Å²) in [5.41, 5.74) is -2.69. The van der Waals surface area contributed by atoms with E-state index in [0.29, 0.717) is 0 Å². The molecule has 0 bridgehead atoms. The normalized spacial score (nSPS) is 13.7. The minimum Gasteiger partial charge on any atom is -0.491 e. The zero-order valence-electron chi connectivity index (χ0n) is 13.1. The van der Waals surface area contributed by atoms with Gasteiger partial charge in [-0.2, -0.15) is 13.2 Å². The first-order valence-corrected chi connectivity index (χ1v) is 7.36. The molecule has 9 heteroatoms. The van der Waals surface area contributed by atoms with E-state index in [-0.39, 0.29) is 12.3 Å². The Balaban J connectivity index is 2.07. The van der Waals surface area contributed by atoms with Gasteiger partial charge in [-0.05, 0) is 18.2 Å². The number of benzene rings is 1. The van der Waals surface area contributed by atoms with Crippen molar-refractivity contribution >= 4 is 0 Å². The molecule has 1 aromatic carbocycles. The second kappa shape index (κ2) is 7.81. The summed E-state index contributed by atoms with van der Waals surface area (Å²) in [6.45, 7) is -3.08. The van der Waals surface area contributed by atoms with E-state index in [4.69, 9.17) is 4.74 Å². The van der Waals surface area contributed by atoms with E-state index in [1.54, 1.807) is 0 Å². The van der Waals surface area contributed by atoms with E-state index in [2.05, 4.69) is 4.98 Å². The number of ether oxygens (including phenoxy) is 1. The van der Waals surface area contributed by atoms with Gasteiger partial charge in [0.25, 0.3) is 0 Å². The molecule has 2 rings (SSSR count). The minimum absolute atomic E-state index is 0.150. The maximum absolute atomic E-state index is 13.5. The van der Waals surface area contributed by atoms with Crippen LogP contribution in [0.25, 0.3) is 0 Å². The van der Waals surface area contributed by atoms with Crippen LogP contribution in [0.15, 0.2) is 43.0 Å². The number of hydrogen-bond donors (Lipinski definition) is 1. The highest BCUT2D eigenvalue weighted by atomic mass is 19.4. The fourth-order valence-corrected chi connectivity index (χ4v) is 2.26. The topological polar surface area (TPSA) is 47.3 Å². The number of imidazole rings is 1. The molecule has 1 heterocycles. The van der Waals surface area contributed by atoms with Gasteiger partial charge in [0.15, 0.2) is 0 Å². The lowest BCUT2D eigenvalue weighted by atomic mass is 9.84. The Morgan fingerprint density at radius 3 is 2.48 bits per heavy atom. The SMILES string of the molecule is OC(COc1cccc(C(F)(F)F)c1)C(CF)(CF)Cn1ccnc1. The number of rotatable bonds is 8. The van der Waals surface area contributed by atoms with Crippen LogP contribution in [0.1, 0.15) is 5.56 Å². The van der Waals surface area contributed by atoms with E-state index in [0.717, 1.165) is 18.2 Å². The van der Waals surface area contributed by atoms with Crippen molar-refractivity contribution in [3.8, 4) is 5.75 Å². The summed E-state index contributed by atoms with van der Waals surface area (Å²) in [7, 11) is 0. The van der Waals surface area contributed by atoms with Crippen LogP contribution < -0.4 is 4.74 Å². The molecule has 1 aromatic heterocycles. The van der Waals surface area contributed by atoms with Crippen LogP contribution in [0, 0.1) is 5.41 Å². The van der Waals surface area contributed by atoms with E-state index >= 15 is 0 Å². The number of aliphatic hydroxyl groups excluding tert-OH is 1. The van der Waals surface area contributed by atoms with Crippen LogP contribution in [0.4, 0.5) is 22.0 Å². The van der Waals surface area contributed by atoms with Gasteiger partial charge < -0.3 is 14.4 Å². The van der Waals surface area contributed by atoms with Gasteiger partial charge in [0.2, 0.25) is 0 Å². The van der Waals surface area contributed by atoms with E-state index in [1.165, 1.54) is 29.4 Å². The summed E-state index contributed by atoms with van der Waals surface area (Å²) in [5, 5.41) is 10.2. The second-order valence-electron chi connectivity index (χ2n) is 5.72. The van der Waals surface area contributed by atoms with Crippen molar-refractivity contribution in [1.29, 1.82) is 0 Å². The third kappa shape index (κ3) is 4.68. The lowest BCUT2D eigenvalue weighted by Crippen LogP contribution is -2.46. The Kier molecular flexibility index (Phi) is 5.99. The predicted molar refractivity (Wildman–Crippen MR) is 79.6 cm³/mol. The summed E-state index contributed by atoms with van der Waals surface area (Å²) in [6, 6.07) is 4.04. The molecule has 1 atom stereocenters. The molecular formula is C16H17F5N2O2. The zero-order chi connectivity index (χ0) is 18.5. The Labute approximate surface area is 140 Å². The van der Waals surface area contributed by atoms with Crippen LogP contribution in [0.2, 0.25) is 0 Å². The zero-order valence-corrected chi connectivity index (χ0v) is 13.1. The van der Waals surface area contributed by atoms with Crippen molar-refractivity contribution in [1.82, 2.24) is 9.55 Å². The lowest BCUT2D eigenvalue weighted by molar-refractivity contribution is -0.137. The highest BCUT2D eigenvalue weighted by Gasteiger charge is 2.40. The van der Waals surface area contributed by atoms with Crippen LogP contribution >= 0.6 is 0 Å². The van der Waals surface area contributed by atoms with Gasteiger partial charge >= 0.3 is 6.18 Å².